The molecule has 172 valence electrons. The topological polar surface area (TPSA) is 75.3 Å². The Balaban J connectivity index is 1.81. The number of amides is 1. The molecule has 4 heteroatoms. The molecular weight excluding hydrogens is 372 g/mol. The van der Waals surface area contributed by atoms with Crippen molar-refractivity contribution in [2.75, 3.05) is 6.61 Å². The molecule has 0 aliphatic rings. The number of unbranched alkanes of at least 4 members (excludes halogenated alkanes) is 14. The Morgan fingerprint density at radius 3 is 1.50 bits per heavy atom. The highest BCUT2D eigenvalue weighted by Crippen LogP contribution is 2.13. The monoisotopic (exact) mass is 418 g/mol. The molecule has 0 heterocycles. The van der Waals surface area contributed by atoms with Gasteiger partial charge in [0.25, 0.3) is 0 Å². The lowest BCUT2D eigenvalue weighted by Crippen LogP contribution is -2.22. The summed E-state index contributed by atoms with van der Waals surface area (Å²) in [5, 5.41) is 11.8. The quantitative estimate of drug-likeness (QED) is 0.227. The van der Waals surface area contributed by atoms with Crippen molar-refractivity contribution in [1.29, 1.82) is 0 Å². The van der Waals surface area contributed by atoms with Crippen molar-refractivity contribution < 1.29 is 9.90 Å². The summed E-state index contributed by atoms with van der Waals surface area (Å²) in [4.78, 5) is 11.9. The molecule has 0 bridgehead atoms. The van der Waals surface area contributed by atoms with Crippen molar-refractivity contribution in [2.45, 2.75) is 116 Å². The van der Waals surface area contributed by atoms with E-state index in [1.165, 1.54) is 77.0 Å². The second-order valence-corrected chi connectivity index (χ2v) is 8.57. The number of carbonyl (C=O) groups excluding carboxylic acids is 1. The zero-order valence-corrected chi connectivity index (χ0v) is 19.2. The second-order valence-electron chi connectivity index (χ2n) is 8.57. The van der Waals surface area contributed by atoms with E-state index in [4.69, 9.17) is 10.8 Å². The van der Waals surface area contributed by atoms with Crippen LogP contribution in [0.2, 0.25) is 0 Å². The predicted molar refractivity (Wildman–Crippen MR) is 127 cm³/mol. The van der Waals surface area contributed by atoms with Gasteiger partial charge in [0.05, 0.1) is 0 Å². The molecule has 30 heavy (non-hydrogen) atoms. The van der Waals surface area contributed by atoms with Gasteiger partial charge in [0, 0.05) is 26.1 Å². The minimum Gasteiger partial charge on any atom is -0.396 e. The Morgan fingerprint density at radius 2 is 1.07 bits per heavy atom. The molecule has 0 aliphatic carbocycles. The molecule has 1 aromatic rings. The number of rotatable bonds is 20. The maximum absolute atomic E-state index is 11.9. The Bertz CT molecular complexity index is 516. The molecule has 0 saturated carbocycles. The first-order valence-electron chi connectivity index (χ1n) is 12.4. The van der Waals surface area contributed by atoms with Gasteiger partial charge in [-0.15, -0.1) is 0 Å². The molecule has 0 aromatic heterocycles. The van der Waals surface area contributed by atoms with Crippen molar-refractivity contribution in [3.63, 3.8) is 0 Å². The molecule has 0 fully saturated rings. The number of benzene rings is 1. The molecule has 0 atom stereocenters. The van der Waals surface area contributed by atoms with Gasteiger partial charge in [-0.2, -0.15) is 0 Å². The number of nitrogens with one attached hydrogen (secondary N) is 1. The van der Waals surface area contributed by atoms with Crippen LogP contribution in [0.3, 0.4) is 0 Å². The first-order valence-corrected chi connectivity index (χ1v) is 12.4. The zero-order valence-electron chi connectivity index (χ0n) is 19.2. The maximum atomic E-state index is 11.9. The molecule has 4 nitrogen and oxygen atoms in total. The van der Waals surface area contributed by atoms with Crippen LogP contribution in [-0.4, -0.2) is 17.6 Å². The van der Waals surface area contributed by atoms with Crippen LogP contribution in [0.1, 0.15) is 114 Å². The van der Waals surface area contributed by atoms with Crippen LogP contribution in [0.15, 0.2) is 24.3 Å². The van der Waals surface area contributed by atoms with Crippen LogP contribution in [0.5, 0.6) is 0 Å². The van der Waals surface area contributed by atoms with Crippen molar-refractivity contribution in [2.24, 2.45) is 5.73 Å². The first-order chi connectivity index (χ1) is 14.8. The molecule has 0 aliphatic heterocycles. The summed E-state index contributed by atoms with van der Waals surface area (Å²) in [6.45, 7) is 1.51. The molecule has 0 radical (unpaired) electrons. The summed E-state index contributed by atoms with van der Waals surface area (Å²) in [5.74, 6) is 0.159. The number of aliphatic hydroxyl groups is 1. The van der Waals surface area contributed by atoms with Gasteiger partial charge in [0.15, 0.2) is 0 Å². The number of carbonyl (C=O) groups is 1. The Morgan fingerprint density at radius 1 is 0.667 bits per heavy atom. The van der Waals surface area contributed by atoms with Crippen LogP contribution < -0.4 is 11.1 Å². The number of hydrogen-bond acceptors (Lipinski definition) is 3. The van der Waals surface area contributed by atoms with Gasteiger partial charge in [-0.1, -0.05) is 108 Å². The van der Waals surface area contributed by atoms with Gasteiger partial charge >= 0.3 is 0 Å². The van der Waals surface area contributed by atoms with E-state index in [0.29, 0.717) is 26.1 Å². The fourth-order valence-electron chi connectivity index (χ4n) is 3.78. The molecule has 1 aromatic carbocycles. The highest BCUT2D eigenvalue weighted by Gasteiger charge is 2.02. The molecule has 0 spiro atoms. The van der Waals surface area contributed by atoms with Gasteiger partial charge in [-0.3, -0.25) is 4.79 Å². The van der Waals surface area contributed by atoms with Gasteiger partial charge < -0.3 is 16.2 Å². The van der Waals surface area contributed by atoms with Crippen molar-refractivity contribution in [1.82, 2.24) is 5.32 Å². The van der Waals surface area contributed by atoms with Crippen molar-refractivity contribution >= 4 is 5.91 Å². The third-order valence-corrected chi connectivity index (χ3v) is 5.81. The lowest BCUT2D eigenvalue weighted by molar-refractivity contribution is -0.121. The van der Waals surface area contributed by atoms with Crippen LogP contribution >= 0.6 is 0 Å². The average molecular weight is 419 g/mol. The molecule has 0 saturated heterocycles. The number of nitrogens with two attached hydrogens (primary N) is 1. The van der Waals surface area contributed by atoms with E-state index >= 15 is 0 Å². The standard InChI is InChI=1S/C26H46N2O2/c27-22-24-17-19-25(20-18-24)23-28-26(30)16-14-12-10-8-6-4-2-1-3-5-7-9-11-13-15-21-29/h17-20,29H,1-16,21-23,27H2,(H,28,30). The minimum absolute atomic E-state index is 0.159. The Kier molecular flexibility index (Phi) is 17.4. The average Bonchev–Trinajstić information content (AvgIpc) is 2.77. The van der Waals surface area contributed by atoms with Gasteiger partial charge in [-0.05, 0) is 24.0 Å². The Hall–Kier alpha value is -1.39. The summed E-state index contributed by atoms with van der Waals surface area (Å²) in [7, 11) is 0. The highest BCUT2D eigenvalue weighted by molar-refractivity contribution is 5.75. The molecule has 0 unspecified atom stereocenters. The largest absolute Gasteiger partial charge is 0.396 e. The highest BCUT2D eigenvalue weighted by atomic mass is 16.2. The molecule has 4 N–H and O–H groups in total. The maximum Gasteiger partial charge on any atom is 0.220 e. The minimum atomic E-state index is 0.159. The lowest BCUT2D eigenvalue weighted by Gasteiger charge is -2.06. The fourth-order valence-corrected chi connectivity index (χ4v) is 3.78. The van der Waals surface area contributed by atoms with E-state index in [1.54, 1.807) is 0 Å². The zero-order chi connectivity index (χ0) is 21.7. The number of aliphatic hydroxyl groups excluding tert-OH is 1. The summed E-state index contributed by atoms with van der Waals surface area (Å²) >= 11 is 0. The van der Waals surface area contributed by atoms with E-state index in [9.17, 15) is 4.79 Å². The number of hydrogen-bond donors (Lipinski definition) is 3. The van der Waals surface area contributed by atoms with Gasteiger partial charge in [-0.25, -0.2) is 0 Å². The van der Waals surface area contributed by atoms with Crippen LogP contribution in [0.25, 0.3) is 0 Å². The smallest absolute Gasteiger partial charge is 0.220 e. The van der Waals surface area contributed by atoms with Crippen LogP contribution in [0.4, 0.5) is 0 Å². The van der Waals surface area contributed by atoms with E-state index in [2.05, 4.69) is 5.32 Å². The van der Waals surface area contributed by atoms with E-state index in [1.807, 2.05) is 24.3 Å². The van der Waals surface area contributed by atoms with E-state index in [0.717, 1.165) is 30.4 Å². The second kappa shape index (κ2) is 19.6. The summed E-state index contributed by atoms with van der Waals surface area (Å²) < 4.78 is 0. The first kappa shape index (κ1) is 26.6. The Labute approximate surface area is 185 Å². The molecule has 1 amide bonds. The van der Waals surface area contributed by atoms with Crippen LogP contribution in [-0.2, 0) is 17.9 Å². The third kappa shape index (κ3) is 15.4. The third-order valence-electron chi connectivity index (χ3n) is 5.81. The van der Waals surface area contributed by atoms with E-state index in [-0.39, 0.29) is 5.91 Å². The normalized spacial score (nSPS) is 11.0. The SMILES string of the molecule is NCc1ccc(CNC(=O)CCCCCCCCCCCCCCCCCO)cc1. The van der Waals surface area contributed by atoms with Crippen LogP contribution in [0, 0.1) is 0 Å². The van der Waals surface area contributed by atoms with Crippen molar-refractivity contribution in [3.05, 3.63) is 35.4 Å². The van der Waals surface area contributed by atoms with E-state index < -0.39 is 0 Å². The summed E-state index contributed by atoms with van der Waals surface area (Å²) in [6, 6.07) is 8.10. The lowest BCUT2D eigenvalue weighted by atomic mass is 10.0. The van der Waals surface area contributed by atoms with Gasteiger partial charge in [0.2, 0.25) is 5.91 Å². The fraction of sp³-hybridized carbons (Fsp3) is 0.731. The van der Waals surface area contributed by atoms with Crippen molar-refractivity contribution in [3.8, 4) is 0 Å². The summed E-state index contributed by atoms with van der Waals surface area (Å²) in [6.07, 6.45) is 19.7. The molecule has 1 rings (SSSR count). The predicted octanol–water partition coefficient (Wildman–Crippen LogP) is 6.00. The molecular formula is C26H46N2O2. The summed E-state index contributed by atoms with van der Waals surface area (Å²) in [5.41, 5.74) is 7.84. The van der Waals surface area contributed by atoms with Gasteiger partial charge in [0.1, 0.15) is 0 Å².